The molecule has 1 N–H and O–H groups in total. The molecular weight excluding hydrogens is 172 g/mol. The highest BCUT2D eigenvalue weighted by Gasteiger charge is 2.19. The van der Waals surface area contributed by atoms with E-state index in [4.69, 9.17) is 0 Å². The first kappa shape index (κ1) is 9.75. The molecular formula is C12H20N2. The molecule has 1 aromatic heterocycles. The molecule has 0 aromatic carbocycles. The Kier molecular flexibility index (Phi) is 2.90. The third-order valence-electron chi connectivity index (χ3n) is 3.53. The number of nitrogens with zero attached hydrogens (tertiary/aromatic N) is 1. The lowest BCUT2D eigenvalue weighted by atomic mass is 10.0. The smallest absolute Gasteiger partial charge is 0.0653 e. The van der Waals surface area contributed by atoms with E-state index >= 15 is 0 Å². The first-order chi connectivity index (χ1) is 6.81. The lowest BCUT2D eigenvalue weighted by Gasteiger charge is -2.04. The molecule has 1 fully saturated rings. The number of hydrogen-bond donors (Lipinski definition) is 1. The molecule has 1 atom stereocenters. The molecule has 0 saturated heterocycles. The van der Waals surface area contributed by atoms with Crippen LogP contribution in [0.4, 0.5) is 0 Å². The minimum absolute atomic E-state index is 0.599. The second kappa shape index (κ2) is 4.16. The Bertz CT molecular complexity index is 284. The van der Waals surface area contributed by atoms with Gasteiger partial charge in [0.1, 0.15) is 0 Å². The Labute approximate surface area is 86.1 Å². The van der Waals surface area contributed by atoms with Gasteiger partial charge in [-0.2, -0.15) is 5.10 Å². The maximum Gasteiger partial charge on any atom is 0.0653 e. The highest BCUT2D eigenvalue weighted by molar-refractivity contribution is 5.16. The molecule has 1 aliphatic rings. The van der Waals surface area contributed by atoms with Gasteiger partial charge < -0.3 is 0 Å². The van der Waals surface area contributed by atoms with Crippen molar-refractivity contribution < 1.29 is 0 Å². The van der Waals surface area contributed by atoms with Crippen LogP contribution in [0.3, 0.4) is 0 Å². The van der Waals surface area contributed by atoms with Crippen LogP contribution in [0.15, 0.2) is 6.07 Å². The van der Waals surface area contributed by atoms with Crippen LogP contribution in [0.1, 0.15) is 69.2 Å². The van der Waals surface area contributed by atoms with Crippen molar-refractivity contribution in [3.05, 3.63) is 17.5 Å². The number of hydrogen-bond acceptors (Lipinski definition) is 1. The number of rotatable bonds is 3. The third kappa shape index (κ3) is 1.84. The van der Waals surface area contributed by atoms with E-state index in [1.807, 2.05) is 0 Å². The summed E-state index contributed by atoms with van der Waals surface area (Å²) in [6, 6.07) is 2.28. The van der Waals surface area contributed by atoms with Crippen molar-refractivity contribution in [2.45, 2.75) is 57.8 Å². The van der Waals surface area contributed by atoms with E-state index in [9.17, 15) is 0 Å². The van der Waals surface area contributed by atoms with Gasteiger partial charge in [-0.3, -0.25) is 5.10 Å². The second-order valence-corrected chi connectivity index (χ2v) is 4.54. The van der Waals surface area contributed by atoms with E-state index in [0.717, 1.165) is 5.92 Å². The van der Waals surface area contributed by atoms with Crippen LogP contribution in [0, 0.1) is 0 Å². The van der Waals surface area contributed by atoms with E-state index in [0.29, 0.717) is 5.92 Å². The summed E-state index contributed by atoms with van der Waals surface area (Å²) in [6.07, 6.45) is 6.66. The monoisotopic (exact) mass is 192 g/mol. The van der Waals surface area contributed by atoms with Gasteiger partial charge in [-0.1, -0.05) is 26.7 Å². The standard InChI is InChI=1S/C12H20N2/c1-3-9(2)11-8-12(14-13-11)10-6-4-5-7-10/h8-10H,3-7H2,1-2H3,(H,13,14). The lowest BCUT2D eigenvalue weighted by molar-refractivity contribution is 0.688. The maximum absolute atomic E-state index is 4.41. The zero-order valence-corrected chi connectivity index (χ0v) is 9.21. The van der Waals surface area contributed by atoms with E-state index < -0.39 is 0 Å². The Morgan fingerprint density at radius 3 is 2.86 bits per heavy atom. The fourth-order valence-corrected chi connectivity index (χ4v) is 2.26. The number of aromatic nitrogens is 2. The molecule has 0 radical (unpaired) electrons. The molecule has 2 heteroatoms. The summed E-state index contributed by atoms with van der Waals surface area (Å²) >= 11 is 0. The molecule has 1 aliphatic carbocycles. The molecule has 1 unspecified atom stereocenters. The molecule has 14 heavy (non-hydrogen) atoms. The lowest BCUT2D eigenvalue weighted by Crippen LogP contribution is -1.91. The number of aromatic amines is 1. The van der Waals surface area contributed by atoms with Gasteiger partial charge in [0.05, 0.1) is 5.69 Å². The molecule has 0 aliphatic heterocycles. The summed E-state index contributed by atoms with van der Waals surface area (Å²) in [5.41, 5.74) is 2.62. The van der Waals surface area contributed by atoms with E-state index in [1.165, 1.54) is 43.5 Å². The molecule has 1 heterocycles. The first-order valence-corrected chi connectivity index (χ1v) is 5.86. The van der Waals surface area contributed by atoms with Crippen molar-refractivity contribution in [3.63, 3.8) is 0 Å². The van der Waals surface area contributed by atoms with E-state index in [2.05, 4.69) is 30.1 Å². The van der Waals surface area contributed by atoms with Gasteiger partial charge in [0.15, 0.2) is 0 Å². The van der Waals surface area contributed by atoms with Crippen LogP contribution in [0.25, 0.3) is 0 Å². The minimum Gasteiger partial charge on any atom is -0.282 e. The number of H-pyrrole nitrogens is 1. The van der Waals surface area contributed by atoms with Crippen LogP contribution < -0.4 is 0 Å². The predicted octanol–water partition coefficient (Wildman–Crippen LogP) is 3.58. The zero-order chi connectivity index (χ0) is 9.97. The fraction of sp³-hybridized carbons (Fsp3) is 0.750. The molecule has 2 nitrogen and oxygen atoms in total. The quantitative estimate of drug-likeness (QED) is 0.779. The zero-order valence-electron chi connectivity index (χ0n) is 9.21. The van der Waals surface area contributed by atoms with Crippen molar-refractivity contribution >= 4 is 0 Å². The van der Waals surface area contributed by atoms with Crippen molar-refractivity contribution in [2.24, 2.45) is 0 Å². The van der Waals surface area contributed by atoms with E-state index in [-0.39, 0.29) is 0 Å². The van der Waals surface area contributed by atoms with Gasteiger partial charge in [0.25, 0.3) is 0 Å². The van der Waals surface area contributed by atoms with Crippen molar-refractivity contribution in [1.29, 1.82) is 0 Å². The van der Waals surface area contributed by atoms with Crippen LogP contribution in [0.5, 0.6) is 0 Å². The van der Waals surface area contributed by atoms with Gasteiger partial charge in [0, 0.05) is 11.6 Å². The van der Waals surface area contributed by atoms with Gasteiger partial charge in [-0.15, -0.1) is 0 Å². The van der Waals surface area contributed by atoms with Gasteiger partial charge in [0.2, 0.25) is 0 Å². The number of nitrogens with one attached hydrogen (secondary N) is 1. The highest BCUT2D eigenvalue weighted by atomic mass is 15.1. The average Bonchev–Trinajstić information content (AvgIpc) is 2.86. The summed E-state index contributed by atoms with van der Waals surface area (Å²) < 4.78 is 0. The Hall–Kier alpha value is -0.790. The molecule has 0 amide bonds. The summed E-state index contributed by atoms with van der Waals surface area (Å²) in [7, 11) is 0. The van der Waals surface area contributed by atoms with Crippen LogP contribution in [-0.2, 0) is 0 Å². The Morgan fingerprint density at radius 1 is 1.50 bits per heavy atom. The molecule has 2 rings (SSSR count). The largest absolute Gasteiger partial charge is 0.282 e. The maximum atomic E-state index is 4.41. The fourth-order valence-electron chi connectivity index (χ4n) is 2.26. The first-order valence-electron chi connectivity index (χ1n) is 5.86. The van der Waals surface area contributed by atoms with Crippen molar-refractivity contribution in [3.8, 4) is 0 Å². The van der Waals surface area contributed by atoms with Crippen molar-refractivity contribution in [2.75, 3.05) is 0 Å². The van der Waals surface area contributed by atoms with E-state index in [1.54, 1.807) is 0 Å². The predicted molar refractivity (Wildman–Crippen MR) is 58.5 cm³/mol. The molecule has 78 valence electrons. The molecule has 0 bridgehead atoms. The normalized spacial score (nSPS) is 20.1. The summed E-state index contributed by atoms with van der Waals surface area (Å²) in [5, 5.41) is 7.62. The second-order valence-electron chi connectivity index (χ2n) is 4.54. The SMILES string of the molecule is CCC(C)c1cc(C2CCCC2)[nH]n1. The van der Waals surface area contributed by atoms with Crippen LogP contribution in [-0.4, -0.2) is 10.2 Å². The van der Waals surface area contributed by atoms with Crippen molar-refractivity contribution in [1.82, 2.24) is 10.2 Å². The Balaban J connectivity index is 2.08. The molecule has 1 aromatic rings. The summed E-state index contributed by atoms with van der Waals surface area (Å²) in [5.74, 6) is 1.36. The van der Waals surface area contributed by atoms with Crippen LogP contribution >= 0.6 is 0 Å². The van der Waals surface area contributed by atoms with Gasteiger partial charge >= 0.3 is 0 Å². The summed E-state index contributed by atoms with van der Waals surface area (Å²) in [6.45, 7) is 4.46. The highest BCUT2D eigenvalue weighted by Crippen LogP contribution is 2.33. The van der Waals surface area contributed by atoms with Crippen LogP contribution in [0.2, 0.25) is 0 Å². The molecule has 0 spiro atoms. The Morgan fingerprint density at radius 2 is 2.21 bits per heavy atom. The third-order valence-corrected chi connectivity index (χ3v) is 3.53. The average molecular weight is 192 g/mol. The topological polar surface area (TPSA) is 28.7 Å². The van der Waals surface area contributed by atoms with Gasteiger partial charge in [-0.25, -0.2) is 0 Å². The minimum atomic E-state index is 0.599. The van der Waals surface area contributed by atoms with Gasteiger partial charge in [-0.05, 0) is 31.2 Å². The summed E-state index contributed by atoms with van der Waals surface area (Å²) in [4.78, 5) is 0. The molecule has 1 saturated carbocycles.